The van der Waals surface area contributed by atoms with E-state index in [1.165, 1.54) is 6.07 Å². The van der Waals surface area contributed by atoms with Gasteiger partial charge in [0.25, 0.3) is 0 Å². The van der Waals surface area contributed by atoms with Gasteiger partial charge in [-0.05, 0) is 51.1 Å². The molecule has 0 radical (unpaired) electrons. The molecule has 4 aromatic rings. The van der Waals surface area contributed by atoms with Crippen LogP contribution in [0.5, 0.6) is 0 Å². The maximum atomic E-state index is 14.2. The Bertz CT molecular complexity index is 1180. The number of aromatic nitrogens is 5. The Kier molecular flexibility index (Phi) is 4.71. The van der Waals surface area contributed by atoms with Gasteiger partial charge in [0.15, 0.2) is 5.82 Å². The first-order valence-corrected chi connectivity index (χ1v) is 9.20. The van der Waals surface area contributed by atoms with Gasteiger partial charge < -0.3 is 10.4 Å². The third-order valence-corrected chi connectivity index (χ3v) is 4.33. The van der Waals surface area contributed by atoms with E-state index in [9.17, 15) is 9.50 Å². The van der Waals surface area contributed by atoms with Crippen molar-refractivity contribution in [2.75, 3.05) is 5.32 Å². The van der Waals surface area contributed by atoms with Crippen LogP contribution in [0, 0.1) is 12.7 Å². The van der Waals surface area contributed by atoms with Crippen LogP contribution in [0.2, 0.25) is 0 Å². The van der Waals surface area contributed by atoms with Gasteiger partial charge in [-0.15, -0.1) is 0 Å². The van der Waals surface area contributed by atoms with Crippen molar-refractivity contribution in [1.82, 2.24) is 24.7 Å². The third kappa shape index (κ3) is 4.07. The Labute approximate surface area is 167 Å². The van der Waals surface area contributed by atoms with Crippen molar-refractivity contribution in [2.45, 2.75) is 32.9 Å². The largest absolute Gasteiger partial charge is 0.389 e. The lowest BCUT2D eigenvalue weighted by molar-refractivity contribution is 0.0591. The lowest BCUT2D eigenvalue weighted by Gasteiger charge is -2.18. The number of aryl methyl sites for hydroxylation is 1. The fourth-order valence-corrected chi connectivity index (χ4v) is 3.12. The second-order valence-corrected chi connectivity index (χ2v) is 7.54. The fraction of sp³-hybridized carbons (Fsp3) is 0.238. The number of hydrogen-bond acceptors (Lipinski definition) is 6. The highest BCUT2D eigenvalue weighted by Gasteiger charge is 2.18. The minimum absolute atomic E-state index is 0.209. The second kappa shape index (κ2) is 7.21. The molecule has 0 fully saturated rings. The summed E-state index contributed by atoms with van der Waals surface area (Å²) in [7, 11) is 0. The van der Waals surface area contributed by atoms with Gasteiger partial charge in [0, 0.05) is 23.8 Å². The number of nitrogens with zero attached hydrogens (tertiary/aromatic N) is 5. The van der Waals surface area contributed by atoms with Crippen molar-refractivity contribution in [3.05, 3.63) is 60.4 Å². The van der Waals surface area contributed by atoms with Gasteiger partial charge in [0.2, 0.25) is 0 Å². The molecule has 0 unspecified atom stereocenters. The molecule has 0 spiro atoms. The van der Waals surface area contributed by atoms with E-state index in [4.69, 9.17) is 0 Å². The van der Waals surface area contributed by atoms with Gasteiger partial charge >= 0.3 is 0 Å². The van der Waals surface area contributed by atoms with Crippen molar-refractivity contribution < 1.29 is 9.50 Å². The zero-order valence-electron chi connectivity index (χ0n) is 16.4. The minimum Gasteiger partial charge on any atom is -0.389 e. The van der Waals surface area contributed by atoms with Crippen LogP contribution in [-0.4, -0.2) is 35.4 Å². The maximum Gasteiger partial charge on any atom is 0.151 e. The molecule has 29 heavy (non-hydrogen) atoms. The lowest BCUT2D eigenvalue weighted by Crippen LogP contribution is -2.26. The monoisotopic (exact) mass is 392 g/mol. The van der Waals surface area contributed by atoms with E-state index in [0.29, 0.717) is 23.4 Å². The molecule has 0 aromatic carbocycles. The third-order valence-electron chi connectivity index (χ3n) is 4.33. The SMILES string of the molecule is Cc1ccc(F)c(-c2cc(Nc3ccnc4cnn(CC(C)(C)O)c34)ccn2)n1. The molecule has 2 N–H and O–H groups in total. The average molecular weight is 392 g/mol. The van der Waals surface area contributed by atoms with Gasteiger partial charge in [-0.1, -0.05) is 0 Å². The molecule has 4 aromatic heterocycles. The summed E-state index contributed by atoms with van der Waals surface area (Å²) in [4.78, 5) is 12.9. The van der Waals surface area contributed by atoms with Crippen LogP contribution in [0.25, 0.3) is 22.4 Å². The van der Waals surface area contributed by atoms with E-state index < -0.39 is 11.4 Å². The lowest BCUT2D eigenvalue weighted by atomic mass is 10.1. The molecule has 148 valence electrons. The summed E-state index contributed by atoms with van der Waals surface area (Å²) in [6, 6.07) is 8.38. The standard InChI is InChI=1S/C21H21FN6O/c1-13-4-5-15(22)19(26-13)17-10-14(6-8-23-17)27-16-7-9-24-18-11-25-28(20(16)18)12-21(2,3)29/h4-11,29H,12H2,1-3H3,(H,23,24,27). The van der Waals surface area contributed by atoms with Crippen LogP contribution in [0.3, 0.4) is 0 Å². The van der Waals surface area contributed by atoms with Gasteiger partial charge in [0.05, 0.1) is 29.7 Å². The molecule has 0 saturated heterocycles. The Hall–Kier alpha value is -3.39. The van der Waals surface area contributed by atoms with E-state index in [0.717, 1.165) is 16.9 Å². The van der Waals surface area contributed by atoms with Crippen LogP contribution in [0.15, 0.2) is 48.9 Å². The highest BCUT2D eigenvalue weighted by molar-refractivity contribution is 5.89. The molecule has 4 rings (SSSR count). The number of halogens is 1. The molecular weight excluding hydrogens is 371 g/mol. The van der Waals surface area contributed by atoms with E-state index in [-0.39, 0.29) is 5.69 Å². The number of aliphatic hydroxyl groups is 1. The van der Waals surface area contributed by atoms with Crippen molar-refractivity contribution in [2.24, 2.45) is 0 Å². The fourth-order valence-electron chi connectivity index (χ4n) is 3.12. The molecule has 0 aliphatic carbocycles. The van der Waals surface area contributed by atoms with E-state index in [2.05, 4.69) is 25.4 Å². The zero-order valence-corrected chi connectivity index (χ0v) is 16.4. The molecule has 0 aliphatic heterocycles. The zero-order chi connectivity index (χ0) is 20.6. The summed E-state index contributed by atoms with van der Waals surface area (Å²) in [5.74, 6) is -0.421. The first-order valence-electron chi connectivity index (χ1n) is 9.20. The van der Waals surface area contributed by atoms with Gasteiger partial charge in [-0.2, -0.15) is 5.10 Å². The van der Waals surface area contributed by atoms with Crippen molar-refractivity contribution in [3.8, 4) is 11.4 Å². The van der Waals surface area contributed by atoms with Crippen molar-refractivity contribution in [3.63, 3.8) is 0 Å². The first-order chi connectivity index (χ1) is 13.8. The summed E-state index contributed by atoms with van der Waals surface area (Å²) in [5.41, 5.74) is 3.41. The van der Waals surface area contributed by atoms with Crippen LogP contribution < -0.4 is 5.32 Å². The number of rotatable bonds is 5. The Morgan fingerprint density at radius 2 is 1.93 bits per heavy atom. The number of fused-ring (bicyclic) bond motifs is 1. The van der Waals surface area contributed by atoms with Crippen LogP contribution in [0.4, 0.5) is 15.8 Å². The smallest absolute Gasteiger partial charge is 0.151 e. The molecule has 0 saturated carbocycles. The van der Waals surface area contributed by atoms with Crippen molar-refractivity contribution >= 4 is 22.4 Å². The first kappa shape index (κ1) is 18.9. The number of anilines is 2. The summed E-state index contributed by atoms with van der Waals surface area (Å²) in [5, 5.41) is 17.9. The van der Waals surface area contributed by atoms with E-state index in [1.807, 2.05) is 13.0 Å². The number of nitrogens with one attached hydrogen (secondary N) is 1. The van der Waals surface area contributed by atoms with Crippen LogP contribution in [-0.2, 0) is 6.54 Å². The van der Waals surface area contributed by atoms with E-state index in [1.54, 1.807) is 55.3 Å². The summed E-state index contributed by atoms with van der Waals surface area (Å²) in [6.07, 6.45) is 4.95. The quantitative estimate of drug-likeness (QED) is 0.536. The minimum atomic E-state index is -0.926. The van der Waals surface area contributed by atoms with E-state index >= 15 is 0 Å². The average Bonchev–Trinajstić information content (AvgIpc) is 3.06. The molecule has 0 amide bonds. The predicted octanol–water partition coefficient (Wildman–Crippen LogP) is 3.85. The van der Waals surface area contributed by atoms with Crippen molar-refractivity contribution in [1.29, 1.82) is 0 Å². The van der Waals surface area contributed by atoms with Gasteiger partial charge in [-0.3, -0.25) is 14.6 Å². The Balaban J connectivity index is 1.73. The molecule has 8 heteroatoms. The Morgan fingerprint density at radius 1 is 1.14 bits per heavy atom. The molecule has 0 bridgehead atoms. The summed E-state index contributed by atoms with van der Waals surface area (Å²) in [6.45, 7) is 5.57. The molecule has 7 nitrogen and oxygen atoms in total. The van der Waals surface area contributed by atoms with Crippen LogP contribution in [0.1, 0.15) is 19.5 Å². The molecule has 0 atom stereocenters. The number of pyridine rings is 3. The maximum absolute atomic E-state index is 14.2. The Morgan fingerprint density at radius 3 is 2.72 bits per heavy atom. The summed E-state index contributed by atoms with van der Waals surface area (Å²) < 4.78 is 15.9. The molecule has 0 aliphatic rings. The normalized spacial score (nSPS) is 11.8. The van der Waals surface area contributed by atoms with Gasteiger partial charge in [0.1, 0.15) is 16.7 Å². The molecule has 4 heterocycles. The second-order valence-electron chi connectivity index (χ2n) is 7.54. The van der Waals surface area contributed by atoms with Crippen LogP contribution >= 0.6 is 0 Å². The highest BCUT2D eigenvalue weighted by atomic mass is 19.1. The number of hydrogen-bond donors (Lipinski definition) is 2. The topological polar surface area (TPSA) is 88.8 Å². The molecular formula is C21H21FN6O. The van der Waals surface area contributed by atoms with Gasteiger partial charge in [-0.25, -0.2) is 9.37 Å². The highest BCUT2D eigenvalue weighted by Crippen LogP contribution is 2.28. The predicted molar refractivity (Wildman–Crippen MR) is 109 cm³/mol. The summed E-state index contributed by atoms with van der Waals surface area (Å²) >= 11 is 0.